The monoisotopic (exact) mass is 517 g/mol. The molecule has 11 heteroatoms. The number of methoxy groups -OCH3 is 1. The topological polar surface area (TPSA) is 119 Å². The molecule has 0 fully saturated rings. The van der Waals surface area contributed by atoms with Gasteiger partial charge in [0.15, 0.2) is 0 Å². The van der Waals surface area contributed by atoms with Crippen LogP contribution in [0.4, 0.5) is 11.4 Å². The highest BCUT2D eigenvalue weighted by Gasteiger charge is 2.29. The molecule has 0 aromatic heterocycles. The van der Waals surface area contributed by atoms with Gasteiger partial charge in [-0.15, -0.1) is 0 Å². The molecule has 35 heavy (non-hydrogen) atoms. The number of nitro groups is 1. The number of rotatable bonds is 11. The standard InChI is InChI=1S/C24H24ClN3O6S/c1-34-20-11-9-19(10-12-20)27(17-24(29)26-15-5-8-18-6-3-2-4-7-18)35(32,33)21-13-14-22(25)23(16-21)28(30)31/h2-4,6-7,9-14,16H,5,8,15,17H2,1H3,(H,26,29). The Hall–Kier alpha value is -3.63. The van der Waals surface area contributed by atoms with Crippen LogP contribution in [0, 0.1) is 10.1 Å². The molecule has 0 unspecified atom stereocenters. The van der Waals surface area contributed by atoms with Crippen LogP contribution < -0.4 is 14.4 Å². The second kappa shape index (κ2) is 11.7. The zero-order chi connectivity index (χ0) is 25.4. The summed E-state index contributed by atoms with van der Waals surface area (Å²) in [6.45, 7) is -0.160. The maximum atomic E-state index is 13.5. The lowest BCUT2D eigenvalue weighted by atomic mass is 10.1. The van der Waals surface area contributed by atoms with Crippen LogP contribution in [0.3, 0.4) is 0 Å². The van der Waals surface area contributed by atoms with Crippen LogP contribution in [0.1, 0.15) is 12.0 Å². The van der Waals surface area contributed by atoms with Crippen molar-refractivity contribution in [3.05, 3.63) is 93.5 Å². The molecule has 0 radical (unpaired) electrons. The van der Waals surface area contributed by atoms with Crippen LogP contribution in [0.15, 0.2) is 77.7 Å². The van der Waals surface area contributed by atoms with E-state index in [1.54, 1.807) is 12.1 Å². The molecule has 0 saturated carbocycles. The Morgan fingerprint density at radius 1 is 1.09 bits per heavy atom. The average molecular weight is 518 g/mol. The molecule has 0 heterocycles. The number of carbonyl (C=O) groups is 1. The second-order valence-electron chi connectivity index (χ2n) is 7.52. The van der Waals surface area contributed by atoms with Crippen LogP contribution in [0.25, 0.3) is 0 Å². The number of hydrogen-bond acceptors (Lipinski definition) is 6. The van der Waals surface area contributed by atoms with E-state index in [0.29, 0.717) is 18.7 Å². The van der Waals surface area contributed by atoms with E-state index in [1.807, 2.05) is 30.3 Å². The first-order valence-corrected chi connectivity index (χ1v) is 12.5. The molecule has 0 spiro atoms. The van der Waals surface area contributed by atoms with Gasteiger partial charge in [0.1, 0.15) is 17.3 Å². The number of amides is 1. The summed E-state index contributed by atoms with van der Waals surface area (Å²) in [5.41, 5.74) is 0.782. The largest absolute Gasteiger partial charge is 0.497 e. The maximum Gasteiger partial charge on any atom is 0.289 e. The summed E-state index contributed by atoms with van der Waals surface area (Å²) >= 11 is 5.84. The third kappa shape index (κ3) is 6.71. The van der Waals surface area contributed by atoms with Gasteiger partial charge < -0.3 is 10.1 Å². The number of carbonyl (C=O) groups excluding carboxylic acids is 1. The molecule has 184 valence electrons. The van der Waals surface area contributed by atoms with Gasteiger partial charge in [-0.3, -0.25) is 19.2 Å². The number of anilines is 1. The molecule has 0 aliphatic heterocycles. The zero-order valence-electron chi connectivity index (χ0n) is 18.9. The van der Waals surface area contributed by atoms with Crippen molar-refractivity contribution < 1.29 is 22.9 Å². The molecule has 3 aromatic carbocycles. The van der Waals surface area contributed by atoms with Crippen molar-refractivity contribution >= 4 is 38.9 Å². The molecular weight excluding hydrogens is 494 g/mol. The number of aryl methyl sites for hydroxylation is 1. The summed E-state index contributed by atoms with van der Waals surface area (Å²) in [7, 11) is -2.88. The molecule has 3 aromatic rings. The van der Waals surface area contributed by atoms with Crippen molar-refractivity contribution in [1.29, 1.82) is 0 Å². The van der Waals surface area contributed by atoms with Crippen LogP contribution in [-0.2, 0) is 21.2 Å². The van der Waals surface area contributed by atoms with Crippen molar-refractivity contribution in [2.24, 2.45) is 0 Å². The third-order valence-electron chi connectivity index (χ3n) is 5.16. The van der Waals surface area contributed by atoms with Crippen LogP contribution in [0.5, 0.6) is 5.75 Å². The number of nitro benzene ring substituents is 1. The first-order valence-electron chi connectivity index (χ1n) is 10.6. The molecule has 0 bridgehead atoms. The first-order chi connectivity index (χ1) is 16.7. The van der Waals surface area contributed by atoms with Crippen molar-refractivity contribution in [1.82, 2.24) is 5.32 Å². The Balaban J connectivity index is 1.81. The fraction of sp³-hybridized carbons (Fsp3) is 0.208. The molecular formula is C24H24ClN3O6S. The highest BCUT2D eigenvalue weighted by molar-refractivity contribution is 7.92. The summed E-state index contributed by atoms with van der Waals surface area (Å²) < 4.78 is 33.0. The molecule has 9 nitrogen and oxygen atoms in total. The molecule has 0 aliphatic carbocycles. The quantitative estimate of drug-likeness (QED) is 0.231. The lowest BCUT2D eigenvalue weighted by Crippen LogP contribution is -2.41. The van der Waals surface area contributed by atoms with Gasteiger partial charge in [-0.1, -0.05) is 41.9 Å². The minimum atomic E-state index is -4.35. The van der Waals surface area contributed by atoms with Crippen LogP contribution in [-0.4, -0.2) is 39.4 Å². The number of nitrogens with zero attached hydrogens (tertiary/aromatic N) is 2. The molecule has 0 aliphatic rings. The number of nitrogens with one attached hydrogen (secondary N) is 1. The lowest BCUT2D eigenvalue weighted by molar-refractivity contribution is -0.384. The smallest absolute Gasteiger partial charge is 0.289 e. The first kappa shape index (κ1) is 26.0. The van der Waals surface area contributed by atoms with Crippen molar-refractivity contribution in [2.75, 3.05) is 24.5 Å². The number of ether oxygens (including phenoxy) is 1. The van der Waals surface area contributed by atoms with Gasteiger partial charge in [-0.2, -0.15) is 0 Å². The molecule has 1 N–H and O–H groups in total. The molecule has 1 amide bonds. The van der Waals surface area contributed by atoms with Crippen molar-refractivity contribution in [3.8, 4) is 5.75 Å². The normalized spacial score (nSPS) is 11.0. The van der Waals surface area contributed by atoms with E-state index < -0.39 is 33.1 Å². The second-order valence-corrected chi connectivity index (χ2v) is 9.79. The fourth-order valence-corrected chi connectivity index (χ4v) is 4.96. The van der Waals surface area contributed by atoms with E-state index in [-0.39, 0.29) is 15.6 Å². The van der Waals surface area contributed by atoms with Gasteiger partial charge in [0.05, 0.1) is 22.6 Å². The minimum Gasteiger partial charge on any atom is -0.497 e. The summed E-state index contributed by atoms with van der Waals surface area (Å²) in [5, 5.41) is 13.8. The minimum absolute atomic E-state index is 0.193. The van der Waals surface area contributed by atoms with Gasteiger partial charge in [0.2, 0.25) is 5.91 Å². The molecule has 0 atom stereocenters. The number of hydrogen-bond donors (Lipinski definition) is 1. The van der Waals surface area contributed by atoms with Crippen LogP contribution in [0.2, 0.25) is 5.02 Å². The number of sulfonamides is 1. The highest BCUT2D eigenvalue weighted by Crippen LogP contribution is 2.31. The van der Waals surface area contributed by atoms with E-state index in [4.69, 9.17) is 16.3 Å². The molecule has 3 rings (SSSR count). The average Bonchev–Trinajstić information content (AvgIpc) is 2.86. The van der Waals surface area contributed by atoms with E-state index in [1.165, 1.54) is 25.3 Å². The third-order valence-corrected chi connectivity index (χ3v) is 7.25. The van der Waals surface area contributed by atoms with Gasteiger partial charge >= 0.3 is 0 Å². The van der Waals surface area contributed by atoms with Gasteiger partial charge in [0, 0.05) is 12.6 Å². The Labute approximate surface area is 208 Å². The molecule has 0 saturated heterocycles. The summed E-state index contributed by atoms with van der Waals surface area (Å²) in [4.78, 5) is 22.8. The van der Waals surface area contributed by atoms with Crippen molar-refractivity contribution in [3.63, 3.8) is 0 Å². The number of halogens is 1. The van der Waals surface area contributed by atoms with E-state index in [0.717, 1.165) is 28.4 Å². The Bertz CT molecular complexity index is 1280. The predicted molar refractivity (Wildman–Crippen MR) is 133 cm³/mol. The van der Waals surface area contributed by atoms with E-state index >= 15 is 0 Å². The Morgan fingerprint density at radius 2 is 1.77 bits per heavy atom. The summed E-state index contributed by atoms with van der Waals surface area (Å²) in [6, 6.07) is 19.1. The van der Waals surface area contributed by atoms with E-state index in [9.17, 15) is 23.3 Å². The fourth-order valence-electron chi connectivity index (χ4n) is 3.33. The highest BCUT2D eigenvalue weighted by atomic mass is 35.5. The zero-order valence-corrected chi connectivity index (χ0v) is 20.5. The van der Waals surface area contributed by atoms with Gasteiger partial charge in [-0.25, -0.2) is 8.42 Å². The van der Waals surface area contributed by atoms with Crippen molar-refractivity contribution in [2.45, 2.75) is 17.7 Å². The van der Waals surface area contributed by atoms with Gasteiger partial charge in [0.25, 0.3) is 15.7 Å². The Kier molecular flexibility index (Phi) is 8.67. The SMILES string of the molecule is COc1ccc(N(CC(=O)NCCCc2ccccc2)S(=O)(=O)c2ccc(Cl)c([N+](=O)[O-])c2)cc1. The lowest BCUT2D eigenvalue weighted by Gasteiger charge is -2.24. The maximum absolute atomic E-state index is 13.5. The van der Waals surface area contributed by atoms with E-state index in [2.05, 4.69) is 5.32 Å². The van der Waals surface area contributed by atoms with Gasteiger partial charge in [-0.05, 0) is 54.8 Å². The Morgan fingerprint density at radius 3 is 2.40 bits per heavy atom. The number of benzene rings is 3. The van der Waals surface area contributed by atoms with Crippen LogP contribution >= 0.6 is 11.6 Å². The summed E-state index contributed by atoms with van der Waals surface area (Å²) in [6.07, 6.45) is 1.43. The summed E-state index contributed by atoms with van der Waals surface area (Å²) in [5.74, 6) is -0.0143. The predicted octanol–water partition coefficient (Wildman–Crippen LogP) is 4.20.